The van der Waals surface area contributed by atoms with E-state index in [1.807, 2.05) is 25.4 Å². The van der Waals surface area contributed by atoms with Crippen molar-refractivity contribution in [2.24, 2.45) is 0 Å². The molecular formula is C21H30N2O. The SMILES string of the molecule is CC(C)=CCC[C@@](C)(O)C#CCN1CCCC[C@@H]1c1cccnc1. The maximum Gasteiger partial charge on any atom is 0.123 e. The highest BCUT2D eigenvalue weighted by molar-refractivity contribution is 5.18. The van der Waals surface area contributed by atoms with Gasteiger partial charge >= 0.3 is 0 Å². The van der Waals surface area contributed by atoms with E-state index < -0.39 is 5.60 Å². The molecule has 1 saturated heterocycles. The van der Waals surface area contributed by atoms with Crippen LogP contribution in [0.4, 0.5) is 0 Å². The summed E-state index contributed by atoms with van der Waals surface area (Å²) in [5.41, 5.74) is 1.65. The van der Waals surface area contributed by atoms with Crippen LogP contribution in [-0.4, -0.2) is 33.7 Å². The first-order valence-electron chi connectivity index (χ1n) is 8.98. The van der Waals surface area contributed by atoms with Crippen LogP contribution in [-0.2, 0) is 0 Å². The lowest BCUT2D eigenvalue weighted by Crippen LogP contribution is -2.34. The molecule has 2 rings (SSSR count). The van der Waals surface area contributed by atoms with E-state index in [4.69, 9.17) is 0 Å². The standard InChI is InChI=1S/C21H30N2O/c1-18(2)9-6-12-21(3,24)13-8-16-23-15-5-4-11-20(23)19-10-7-14-22-17-19/h7,9-10,14,17,20,24H,4-6,11-12,15-16H2,1-3H3/t20-,21-/m1/s1. The number of aromatic nitrogens is 1. The summed E-state index contributed by atoms with van der Waals surface area (Å²) in [7, 11) is 0. The fourth-order valence-corrected chi connectivity index (χ4v) is 3.17. The molecule has 1 aliphatic rings. The van der Waals surface area contributed by atoms with Crippen LogP contribution >= 0.6 is 0 Å². The van der Waals surface area contributed by atoms with E-state index in [2.05, 4.69) is 47.7 Å². The molecule has 0 bridgehead atoms. The molecule has 2 atom stereocenters. The summed E-state index contributed by atoms with van der Waals surface area (Å²) < 4.78 is 0. The third-order valence-electron chi connectivity index (χ3n) is 4.51. The highest BCUT2D eigenvalue weighted by atomic mass is 16.3. The van der Waals surface area contributed by atoms with Gasteiger partial charge in [-0.2, -0.15) is 0 Å². The lowest BCUT2D eigenvalue weighted by molar-refractivity contribution is 0.113. The summed E-state index contributed by atoms with van der Waals surface area (Å²) in [5, 5.41) is 10.4. The van der Waals surface area contributed by atoms with Crippen LogP contribution in [0, 0.1) is 11.8 Å². The van der Waals surface area contributed by atoms with Crippen molar-refractivity contribution in [3.8, 4) is 11.8 Å². The minimum Gasteiger partial charge on any atom is -0.378 e. The molecule has 3 heteroatoms. The molecule has 0 amide bonds. The number of pyridine rings is 1. The van der Waals surface area contributed by atoms with Crippen molar-refractivity contribution < 1.29 is 5.11 Å². The monoisotopic (exact) mass is 326 g/mol. The number of likely N-dealkylation sites (tertiary alicyclic amines) is 1. The zero-order valence-electron chi connectivity index (χ0n) is 15.3. The first kappa shape index (κ1) is 18.7. The second kappa shape index (κ2) is 9.01. The van der Waals surface area contributed by atoms with Crippen molar-refractivity contribution >= 4 is 0 Å². The molecule has 0 aromatic carbocycles. The summed E-state index contributed by atoms with van der Waals surface area (Å²) in [6.45, 7) is 7.74. The van der Waals surface area contributed by atoms with Crippen molar-refractivity contribution in [2.45, 2.75) is 64.5 Å². The maximum atomic E-state index is 10.4. The number of hydrogen-bond donors (Lipinski definition) is 1. The summed E-state index contributed by atoms with van der Waals surface area (Å²) in [6, 6.07) is 4.55. The second-order valence-electron chi connectivity index (χ2n) is 7.16. The number of aliphatic hydroxyl groups is 1. The molecule has 1 fully saturated rings. The number of rotatable bonds is 5. The Morgan fingerprint density at radius 2 is 2.29 bits per heavy atom. The van der Waals surface area contributed by atoms with Crippen molar-refractivity contribution in [3.05, 3.63) is 41.7 Å². The van der Waals surface area contributed by atoms with Crippen molar-refractivity contribution in [2.75, 3.05) is 13.1 Å². The normalized spacial score (nSPS) is 20.6. The van der Waals surface area contributed by atoms with E-state index in [-0.39, 0.29) is 0 Å². The van der Waals surface area contributed by atoms with Crippen LogP contribution in [0.25, 0.3) is 0 Å². The first-order valence-corrected chi connectivity index (χ1v) is 8.98. The summed E-state index contributed by atoms with van der Waals surface area (Å²) in [5.74, 6) is 6.29. The Bertz CT molecular complexity index is 591. The van der Waals surface area contributed by atoms with Gasteiger partial charge in [0.1, 0.15) is 5.60 Å². The lowest BCUT2D eigenvalue weighted by Gasteiger charge is -2.34. The van der Waals surface area contributed by atoms with E-state index in [9.17, 15) is 5.11 Å². The van der Waals surface area contributed by atoms with Gasteiger partial charge in [0.15, 0.2) is 0 Å². The third-order valence-corrected chi connectivity index (χ3v) is 4.51. The lowest BCUT2D eigenvalue weighted by atomic mass is 9.96. The van der Waals surface area contributed by atoms with E-state index >= 15 is 0 Å². The highest BCUT2D eigenvalue weighted by Crippen LogP contribution is 2.29. The summed E-state index contributed by atoms with van der Waals surface area (Å²) in [6.07, 6.45) is 11.1. The Morgan fingerprint density at radius 3 is 3.00 bits per heavy atom. The third kappa shape index (κ3) is 6.11. The van der Waals surface area contributed by atoms with Gasteiger partial charge in [-0.1, -0.05) is 36.0 Å². The molecule has 24 heavy (non-hydrogen) atoms. The van der Waals surface area contributed by atoms with Crippen LogP contribution in [0.1, 0.15) is 64.5 Å². The average Bonchev–Trinajstić information content (AvgIpc) is 2.55. The Labute approximate surface area is 146 Å². The van der Waals surface area contributed by atoms with Crippen molar-refractivity contribution in [1.82, 2.24) is 9.88 Å². The molecule has 1 aromatic heterocycles. The first-order chi connectivity index (χ1) is 11.5. The van der Waals surface area contributed by atoms with E-state index in [0.717, 1.165) is 19.4 Å². The molecule has 3 nitrogen and oxygen atoms in total. The number of allylic oxidation sites excluding steroid dienone is 2. The number of nitrogens with zero attached hydrogens (tertiary/aromatic N) is 2. The Balaban J connectivity index is 1.95. The van der Waals surface area contributed by atoms with Crippen molar-refractivity contribution in [3.63, 3.8) is 0 Å². The van der Waals surface area contributed by atoms with Gasteiger partial charge in [-0.15, -0.1) is 0 Å². The second-order valence-corrected chi connectivity index (χ2v) is 7.16. The van der Waals surface area contributed by atoms with Gasteiger partial charge < -0.3 is 5.11 Å². The van der Waals surface area contributed by atoms with Crippen LogP contribution in [0.5, 0.6) is 0 Å². The molecule has 2 heterocycles. The van der Waals surface area contributed by atoms with Gasteiger partial charge in [0.2, 0.25) is 0 Å². The van der Waals surface area contributed by atoms with E-state index in [1.54, 1.807) is 0 Å². The van der Waals surface area contributed by atoms with Gasteiger partial charge in [-0.05, 0) is 64.6 Å². The number of piperidine rings is 1. The molecular weight excluding hydrogens is 296 g/mol. The topological polar surface area (TPSA) is 36.4 Å². The van der Waals surface area contributed by atoms with Crippen LogP contribution in [0.15, 0.2) is 36.2 Å². The number of hydrogen-bond acceptors (Lipinski definition) is 3. The predicted octanol–water partition coefficient (Wildman–Crippen LogP) is 4.11. The fourth-order valence-electron chi connectivity index (χ4n) is 3.17. The fraction of sp³-hybridized carbons (Fsp3) is 0.571. The molecule has 0 saturated carbocycles. The molecule has 0 unspecified atom stereocenters. The zero-order valence-corrected chi connectivity index (χ0v) is 15.3. The Morgan fingerprint density at radius 1 is 1.46 bits per heavy atom. The molecule has 1 aliphatic heterocycles. The molecule has 1 N–H and O–H groups in total. The van der Waals surface area contributed by atoms with E-state index in [0.29, 0.717) is 19.0 Å². The molecule has 0 aliphatic carbocycles. The molecule has 0 radical (unpaired) electrons. The van der Waals surface area contributed by atoms with Gasteiger partial charge in [0.25, 0.3) is 0 Å². The zero-order chi connectivity index (χ0) is 17.4. The minimum absolute atomic E-state index is 0.400. The quantitative estimate of drug-likeness (QED) is 0.653. The maximum absolute atomic E-state index is 10.4. The Hall–Kier alpha value is -1.63. The van der Waals surface area contributed by atoms with E-state index in [1.165, 1.54) is 24.0 Å². The molecule has 1 aromatic rings. The smallest absolute Gasteiger partial charge is 0.123 e. The van der Waals surface area contributed by atoms with Gasteiger partial charge in [-0.25, -0.2) is 0 Å². The van der Waals surface area contributed by atoms with Crippen LogP contribution < -0.4 is 0 Å². The molecule has 130 valence electrons. The highest BCUT2D eigenvalue weighted by Gasteiger charge is 2.23. The van der Waals surface area contributed by atoms with Gasteiger partial charge in [-0.3, -0.25) is 9.88 Å². The largest absolute Gasteiger partial charge is 0.378 e. The van der Waals surface area contributed by atoms with Crippen LogP contribution in [0.2, 0.25) is 0 Å². The van der Waals surface area contributed by atoms with Gasteiger partial charge in [0.05, 0.1) is 6.54 Å². The van der Waals surface area contributed by atoms with Crippen molar-refractivity contribution in [1.29, 1.82) is 0 Å². The minimum atomic E-state index is -0.911. The Kier molecular flexibility index (Phi) is 7.02. The average molecular weight is 326 g/mol. The predicted molar refractivity (Wildman–Crippen MR) is 99.5 cm³/mol. The summed E-state index contributed by atoms with van der Waals surface area (Å²) in [4.78, 5) is 6.67. The van der Waals surface area contributed by atoms with Gasteiger partial charge in [0, 0.05) is 18.4 Å². The summed E-state index contributed by atoms with van der Waals surface area (Å²) >= 11 is 0. The molecule has 0 spiro atoms. The van der Waals surface area contributed by atoms with Crippen LogP contribution in [0.3, 0.4) is 0 Å².